The first-order valence-electron chi connectivity index (χ1n) is 9.62. The van der Waals surface area contributed by atoms with Crippen LogP contribution in [0.15, 0.2) is 36.4 Å². The summed E-state index contributed by atoms with van der Waals surface area (Å²) in [4.78, 5) is 25.9. The van der Waals surface area contributed by atoms with Gasteiger partial charge in [0.05, 0.1) is 7.11 Å². The molecule has 3 rings (SSSR count). The van der Waals surface area contributed by atoms with E-state index in [0.717, 1.165) is 22.6 Å². The molecule has 0 spiro atoms. The second-order valence-electron chi connectivity index (χ2n) is 8.20. The van der Waals surface area contributed by atoms with Crippen LogP contribution >= 0.6 is 0 Å². The Kier molecular flexibility index (Phi) is 5.96. The zero-order valence-corrected chi connectivity index (χ0v) is 17.4. The van der Waals surface area contributed by atoms with Crippen molar-refractivity contribution in [1.29, 1.82) is 0 Å². The van der Waals surface area contributed by atoms with E-state index in [9.17, 15) is 18.4 Å². The van der Waals surface area contributed by atoms with Crippen molar-refractivity contribution in [3.05, 3.63) is 53.6 Å². The van der Waals surface area contributed by atoms with Crippen LogP contribution in [0.3, 0.4) is 0 Å². The van der Waals surface area contributed by atoms with E-state index in [2.05, 4.69) is 31.4 Å². The van der Waals surface area contributed by atoms with Gasteiger partial charge < -0.3 is 20.3 Å². The Bertz CT molecular complexity index is 932. The van der Waals surface area contributed by atoms with Gasteiger partial charge in [-0.1, -0.05) is 32.9 Å². The summed E-state index contributed by atoms with van der Waals surface area (Å²) in [5.41, 5.74) is 1.25. The number of carbonyl (C=O) groups excluding carboxylic acids is 2. The summed E-state index contributed by atoms with van der Waals surface area (Å²) < 4.78 is 33.4. The minimum absolute atomic E-state index is 0.00742. The van der Waals surface area contributed by atoms with Crippen molar-refractivity contribution in [3.63, 3.8) is 0 Å². The summed E-state index contributed by atoms with van der Waals surface area (Å²) in [6.45, 7) is 6.36. The minimum atomic E-state index is -0.899. The van der Waals surface area contributed by atoms with Gasteiger partial charge in [0.15, 0.2) is 11.6 Å². The van der Waals surface area contributed by atoms with Gasteiger partial charge in [-0.05, 0) is 29.5 Å². The third-order valence-electron chi connectivity index (χ3n) is 5.02. The molecular formula is C22H25F2N3O3. The average molecular weight is 417 g/mol. The summed E-state index contributed by atoms with van der Waals surface area (Å²) in [6, 6.07) is 8.01. The van der Waals surface area contributed by atoms with Gasteiger partial charge in [0.25, 0.3) is 0 Å². The first-order valence-corrected chi connectivity index (χ1v) is 9.62. The Morgan fingerprint density at radius 1 is 1.13 bits per heavy atom. The molecule has 1 aliphatic rings. The molecule has 6 nitrogen and oxygen atoms in total. The zero-order chi connectivity index (χ0) is 22.1. The number of anilines is 2. The molecule has 0 radical (unpaired) electrons. The predicted molar refractivity (Wildman–Crippen MR) is 111 cm³/mol. The minimum Gasteiger partial charge on any atom is -0.497 e. The van der Waals surface area contributed by atoms with Crippen molar-refractivity contribution in [1.82, 2.24) is 5.32 Å². The van der Waals surface area contributed by atoms with Gasteiger partial charge in [0.2, 0.25) is 5.91 Å². The van der Waals surface area contributed by atoms with Crippen molar-refractivity contribution >= 4 is 23.3 Å². The monoisotopic (exact) mass is 417 g/mol. The molecule has 2 N–H and O–H groups in total. The van der Waals surface area contributed by atoms with Gasteiger partial charge in [-0.2, -0.15) is 0 Å². The number of urea groups is 1. The third kappa shape index (κ3) is 4.53. The van der Waals surface area contributed by atoms with E-state index in [1.54, 1.807) is 12.1 Å². The van der Waals surface area contributed by atoms with E-state index in [1.165, 1.54) is 7.11 Å². The Morgan fingerprint density at radius 2 is 1.73 bits per heavy atom. The van der Waals surface area contributed by atoms with Crippen LogP contribution in [0.25, 0.3) is 0 Å². The largest absolute Gasteiger partial charge is 0.497 e. The van der Waals surface area contributed by atoms with Crippen LogP contribution in [0.5, 0.6) is 5.75 Å². The Hall–Kier alpha value is -3.16. The molecule has 1 atom stereocenters. The lowest BCUT2D eigenvalue weighted by atomic mass is 9.87. The summed E-state index contributed by atoms with van der Waals surface area (Å²) in [5, 5.41) is 5.25. The van der Waals surface area contributed by atoms with Gasteiger partial charge in [0.1, 0.15) is 17.5 Å². The quantitative estimate of drug-likeness (QED) is 0.783. The van der Waals surface area contributed by atoms with Gasteiger partial charge in [0, 0.05) is 24.4 Å². The first-order chi connectivity index (χ1) is 14.1. The number of nitrogens with zero attached hydrogens (tertiary/aromatic N) is 1. The van der Waals surface area contributed by atoms with Gasteiger partial charge in [-0.3, -0.25) is 4.79 Å². The number of hydrogen-bond donors (Lipinski definition) is 2. The Labute approximate surface area is 174 Å². The lowest BCUT2D eigenvalue weighted by molar-refractivity contribution is -0.118. The maximum absolute atomic E-state index is 14.3. The number of ether oxygens (including phenoxy) is 1. The standard InChI is InChI=1S/C22H25F2N3O3/c1-22(2,3)13-5-7-14(8-6-13)25-21(29)26-18-9-10-27(20(18)28)19-16(23)11-15(30-4)12-17(19)24/h5-8,11-12,18H,9-10H2,1-4H3,(H2,25,26,29). The Balaban J connectivity index is 1.65. The van der Waals surface area contributed by atoms with E-state index < -0.39 is 35.3 Å². The van der Waals surface area contributed by atoms with Crippen LogP contribution in [-0.2, 0) is 10.2 Å². The average Bonchev–Trinajstić information content (AvgIpc) is 3.01. The molecule has 160 valence electrons. The molecule has 30 heavy (non-hydrogen) atoms. The molecule has 8 heteroatoms. The second kappa shape index (κ2) is 8.30. The van der Waals surface area contributed by atoms with Gasteiger partial charge in [-0.15, -0.1) is 0 Å². The number of benzene rings is 2. The lowest BCUT2D eigenvalue weighted by Gasteiger charge is -2.20. The second-order valence-corrected chi connectivity index (χ2v) is 8.20. The SMILES string of the molecule is COc1cc(F)c(N2CCC(NC(=O)Nc3ccc(C(C)(C)C)cc3)C2=O)c(F)c1. The summed E-state index contributed by atoms with van der Waals surface area (Å²) in [7, 11) is 1.30. The van der Waals surface area contributed by atoms with Crippen LogP contribution in [0.2, 0.25) is 0 Å². The summed E-state index contributed by atoms with van der Waals surface area (Å²) in [5.74, 6) is -2.35. The van der Waals surface area contributed by atoms with Crippen molar-refractivity contribution in [2.24, 2.45) is 0 Å². The van der Waals surface area contributed by atoms with Crippen LogP contribution < -0.4 is 20.3 Å². The zero-order valence-electron chi connectivity index (χ0n) is 17.4. The van der Waals surface area contributed by atoms with Gasteiger partial charge >= 0.3 is 6.03 Å². The Morgan fingerprint density at radius 3 is 2.27 bits per heavy atom. The van der Waals surface area contributed by atoms with E-state index in [1.807, 2.05) is 12.1 Å². The van der Waals surface area contributed by atoms with Crippen molar-refractivity contribution in [2.75, 3.05) is 23.9 Å². The molecule has 1 aliphatic heterocycles. The van der Waals surface area contributed by atoms with Crippen LogP contribution in [0, 0.1) is 11.6 Å². The molecular weight excluding hydrogens is 392 g/mol. The van der Waals surface area contributed by atoms with Crippen molar-refractivity contribution < 1.29 is 23.1 Å². The topological polar surface area (TPSA) is 70.7 Å². The number of halogens is 2. The van der Waals surface area contributed by atoms with Crippen molar-refractivity contribution in [2.45, 2.75) is 38.6 Å². The number of carbonyl (C=O) groups is 2. The third-order valence-corrected chi connectivity index (χ3v) is 5.02. The maximum Gasteiger partial charge on any atom is 0.319 e. The van der Waals surface area contributed by atoms with E-state index in [4.69, 9.17) is 4.74 Å². The maximum atomic E-state index is 14.3. The molecule has 0 aliphatic carbocycles. The number of nitrogens with one attached hydrogen (secondary N) is 2. The summed E-state index contributed by atoms with van der Waals surface area (Å²) in [6.07, 6.45) is 0.236. The molecule has 1 fully saturated rings. The lowest BCUT2D eigenvalue weighted by Crippen LogP contribution is -2.43. The smallest absolute Gasteiger partial charge is 0.319 e. The molecule has 0 aromatic heterocycles. The highest BCUT2D eigenvalue weighted by atomic mass is 19.1. The highest BCUT2D eigenvalue weighted by Crippen LogP contribution is 2.31. The fourth-order valence-corrected chi connectivity index (χ4v) is 3.33. The number of rotatable bonds is 4. The highest BCUT2D eigenvalue weighted by Gasteiger charge is 2.36. The van der Waals surface area contributed by atoms with E-state index >= 15 is 0 Å². The van der Waals surface area contributed by atoms with Crippen LogP contribution in [-0.4, -0.2) is 31.6 Å². The summed E-state index contributed by atoms with van der Waals surface area (Å²) >= 11 is 0. The molecule has 2 aromatic carbocycles. The first kappa shape index (κ1) is 21.5. The number of methoxy groups -OCH3 is 1. The number of amides is 3. The van der Waals surface area contributed by atoms with Crippen LogP contribution in [0.1, 0.15) is 32.8 Å². The molecule has 1 heterocycles. The molecule has 2 aromatic rings. The molecule has 3 amide bonds. The highest BCUT2D eigenvalue weighted by molar-refractivity contribution is 6.02. The normalized spacial score (nSPS) is 16.5. The van der Waals surface area contributed by atoms with E-state index in [-0.39, 0.29) is 24.1 Å². The fraction of sp³-hybridized carbons (Fsp3) is 0.364. The molecule has 1 unspecified atom stereocenters. The fourth-order valence-electron chi connectivity index (χ4n) is 3.33. The predicted octanol–water partition coefficient (Wildman–Crippen LogP) is 4.20. The molecule has 1 saturated heterocycles. The van der Waals surface area contributed by atoms with E-state index in [0.29, 0.717) is 5.69 Å². The van der Waals surface area contributed by atoms with Gasteiger partial charge in [-0.25, -0.2) is 13.6 Å². The number of hydrogen-bond acceptors (Lipinski definition) is 3. The molecule has 0 saturated carbocycles. The van der Waals surface area contributed by atoms with Crippen LogP contribution in [0.4, 0.5) is 25.0 Å². The van der Waals surface area contributed by atoms with Crippen molar-refractivity contribution in [3.8, 4) is 5.75 Å². The molecule has 0 bridgehead atoms.